The number of Topliss-reactive ketones (excluding diaryl/α,β-unsaturated/α-hetero) is 1. The second kappa shape index (κ2) is 3.27. The minimum absolute atomic E-state index is 0.135. The quantitative estimate of drug-likeness (QED) is 0.573. The van der Waals surface area contributed by atoms with Crippen LogP contribution in [0.5, 0.6) is 0 Å². The Bertz CT molecular complexity index is 379. The van der Waals surface area contributed by atoms with Crippen LogP contribution in [0.25, 0.3) is 0 Å². The fourth-order valence-electron chi connectivity index (χ4n) is 1.65. The number of carbonyl (C=O) groups is 2. The second-order valence-electron chi connectivity index (χ2n) is 3.02. The van der Waals surface area contributed by atoms with Crippen molar-refractivity contribution in [1.29, 1.82) is 0 Å². The van der Waals surface area contributed by atoms with Gasteiger partial charge in [-0.05, 0) is 18.4 Å². The van der Waals surface area contributed by atoms with Crippen molar-refractivity contribution in [1.82, 2.24) is 0 Å². The average Bonchev–Trinajstić information content (AvgIpc) is 2.44. The Morgan fingerprint density at radius 3 is 2.85 bits per heavy atom. The summed E-state index contributed by atoms with van der Waals surface area (Å²) in [4.78, 5) is 22.8. The van der Waals surface area contributed by atoms with E-state index >= 15 is 0 Å². The number of hydrogen-bond donors (Lipinski definition) is 1. The van der Waals surface area contributed by atoms with Crippen molar-refractivity contribution in [3.8, 4) is 0 Å². The van der Waals surface area contributed by atoms with Gasteiger partial charge in [0.2, 0.25) is 0 Å². The van der Waals surface area contributed by atoms with Gasteiger partial charge in [0, 0.05) is 12.0 Å². The molecule has 4 heteroatoms. The Morgan fingerprint density at radius 1 is 1.38 bits per heavy atom. The van der Waals surface area contributed by atoms with Gasteiger partial charge in [-0.25, -0.2) is 0 Å². The summed E-state index contributed by atoms with van der Waals surface area (Å²) in [6.07, 6.45) is 3.11. The molecule has 0 saturated heterocycles. The molecule has 2 rings (SSSR count). The molecule has 0 saturated carbocycles. The third-order valence-corrected chi connectivity index (χ3v) is 3.69. The van der Waals surface area contributed by atoms with E-state index in [9.17, 15) is 9.59 Å². The largest absolute Gasteiger partial charge is 0.297 e. The summed E-state index contributed by atoms with van der Waals surface area (Å²) in [5.41, 5.74) is 1.61. The lowest BCUT2D eigenvalue weighted by Gasteiger charge is -2.10. The van der Waals surface area contributed by atoms with E-state index in [1.807, 2.05) is 0 Å². The van der Waals surface area contributed by atoms with Gasteiger partial charge in [0.05, 0.1) is 9.09 Å². The molecule has 0 atom stereocenters. The Kier molecular flexibility index (Phi) is 2.26. The van der Waals surface area contributed by atoms with Crippen LogP contribution in [0.2, 0.25) is 0 Å². The maximum absolute atomic E-state index is 11.5. The predicted molar refractivity (Wildman–Crippen MR) is 54.2 cm³/mol. The minimum Gasteiger partial charge on any atom is -0.297 e. The van der Waals surface area contributed by atoms with Crippen molar-refractivity contribution >= 4 is 36.0 Å². The van der Waals surface area contributed by atoms with Gasteiger partial charge in [-0.3, -0.25) is 9.59 Å². The van der Waals surface area contributed by atoms with E-state index < -0.39 is 0 Å². The van der Waals surface area contributed by atoms with Crippen molar-refractivity contribution in [2.45, 2.75) is 23.5 Å². The number of thiophene rings is 1. The van der Waals surface area contributed by atoms with Crippen LogP contribution in [0.4, 0.5) is 0 Å². The number of thiol groups is 1. The maximum Gasteiger partial charge on any atom is 0.165 e. The molecule has 1 heterocycles. The van der Waals surface area contributed by atoms with Gasteiger partial charge >= 0.3 is 0 Å². The monoisotopic (exact) mass is 212 g/mol. The number of fused-ring (bicyclic) bond motifs is 1. The lowest BCUT2D eigenvalue weighted by molar-refractivity contribution is 0.0970. The van der Waals surface area contributed by atoms with Gasteiger partial charge in [-0.2, -0.15) is 0 Å². The van der Waals surface area contributed by atoms with Crippen molar-refractivity contribution < 1.29 is 9.59 Å². The predicted octanol–water partition coefficient (Wildman–Crippen LogP) is 2.37. The summed E-state index contributed by atoms with van der Waals surface area (Å²) >= 11 is 5.52. The van der Waals surface area contributed by atoms with E-state index in [2.05, 4.69) is 12.6 Å². The first-order valence-electron chi connectivity index (χ1n) is 4.07. The molecule has 0 bridgehead atoms. The number of ketones is 1. The Balaban J connectivity index is 2.63. The van der Waals surface area contributed by atoms with E-state index in [-0.39, 0.29) is 5.78 Å². The zero-order chi connectivity index (χ0) is 9.42. The van der Waals surface area contributed by atoms with Gasteiger partial charge < -0.3 is 0 Å². The van der Waals surface area contributed by atoms with Crippen LogP contribution in [-0.2, 0) is 6.42 Å². The summed E-state index contributed by atoms with van der Waals surface area (Å²) in [6, 6.07) is 0. The molecule has 2 nitrogen and oxygen atoms in total. The van der Waals surface area contributed by atoms with Gasteiger partial charge in [-0.15, -0.1) is 24.0 Å². The van der Waals surface area contributed by atoms with E-state index in [1.54, 1.807) is 0 Å². The van der Waals surface area contributed by atoms with Crippen LogP contribution in [0, 0.1) is 0 Å². The number of carbonyl (C=O) groups excluding carboxylic acids is 2. The molecule has 13 heavy (non-hydrogen) atoms. The first-order chi connectivity index (χ1) is 6.24. The van der Waals surface area contributed by atoms with Crippen LogP contribution in [0.1, 0.15) is 38.4 Å². The molecule has 1 aliphatic carbocycles. The third-order valence-electron chi connectivity index (χ3n) is 2.24. The SMILES string of the molecule is O=Cc1sc(S)c2c1CCCC2=O. The highest BCUT2D eigenvalue weighted by Crippen LogP contribution is 2.35. The molecule has 1 aromatic rings. The highest BCUT2D eigenvalue weighted by atomic mass is 32.2. The molecular weight excluding hydrogens is 204 g/mol. The van der Waals surface area contributed by atoms with Crippen LogP contribution < -0.4 is 0 Å². The summed E-state index contributed by atoms with van der Waals surface area (Å²) in [7, 11) is 0. The van der Waals surface area contributed by atoms with Crippen LogP contribution in [0.3, 0.4) is 0 Å². The van der Waals surface area contributed by atoms with Crippen molar-refractivity contribution in [3.05, 3.63) is 16.0 Å². The van der Waals surface area contributed by atoms with Crippen LogP contribution in [0.15, 0.2) is 4.21 Å². The third kappa shape index (κ3) is 1.34. The number of aldehydes is 1. The van der Waals surface area contributed by atoms with Gasteiger partial charge in [0.1, 0.15) is 0 Å². The zero-order valence-corrected chi connectivity index (χ0v) is 8.58. The van der Waals surface area contributed by atoms with E-state index in [1.165, 1.54) is 11.3 Å². The number of hydrogen-bond acceptors (Lipinski definition) is 4. The standard InChI is InChI=1S/C9H8O2S2/c10-4-7-5-2-1-3-6(11)8(5)9(12)13-7/h4,12H,1-3H2. The molecule has 0 aliphatic heterocycles. The molecule has 1 aliphatic rings. The van der Waals surface area contributed by atoms with Crippen LogP contribution in [-0.4, -0.2) is 12.1 Å². The maximum atomic E-state index is 11.5. The van der Waals surface area contributed by atoms with Crippen LogP contribution >= 0.6 is 24.0 Å². The lowest BCUT2D eigenvalue weighted by atomic mass is 9.93. The molecule has 0 N–H and O–H groups in total. The molecule has 0 spiro atoms. The minimum atomic E-state index is 0.135. The molecule has 1 aromatic heterocycles. The molecule has 0 unspecified atom stereocenters. The first-order valence-corrected chi connectivity index (χ1v) is 5.33. The molecule has 0 fully saturated rings. The molecular formula is C9H8O2S2. The molecule has 0 aromatic carbocycles. The van der Waals surface area contributed by atoms with Crippen molar-refractivity contribution in [2.24, 2.45) is 0 Å². The lowest BCUT2D eigenvalue weighted by Crippen LogP contribution is -2.09. The highest BCUT2D eigenvalue weighted by Gasteiger charge is 2.24. The Labute approximate surface area is 85.4 Å². The fraction of sp³-hybridized carbons (Fsp3) is 0.333. The summed E-state index contributed by atoms with van der Waals surface area (Å²) < 4.78 is 0.696. The zero-order valence-electron chi connectivity index (χ0n) is 6.87. The van der Waals surface area contributed by atoms with Gasteiger partial charge in [0.15, 0.2) is 12.1 Å². The fourth-order valence-corrected chi connectivity index (χ4v) is 3.13. The molecule has 0 radical (unpaired) electrons. The Morgan fingerprint density at radius 2 is 2.15 bits per heavy atom. The van der Waals surface area contributed by atoms with E-state index in [0.717, 1.165) is 24.7 Å². The first kappa shape index (κ1) is 8.97. The molecule has 68 valence electrons. The summed E-state index contributed by atoms with van der Waals surface area (Å²) in [5, 5.41) is 0. The van der Waals surface area contributed by atoms with Gasteiger partial charge in [-0.1, -0.05) is 0 Å². The average molecular weight is 212 g/mol. The second-order valence-corrected chi connectivity index (χ2v) is 4.82. The molecule has 0 amide bonds. The normalized spacial score (nSPS) is 15.6. The Hall–Kier alpha value is -0.610. The van der Waals surface area contributed by atoms with Crippen molar-refractivity contribution in [2.75, 3.05) is 0 Å². The van der Waals surface area contributed by atoms with Crippen molar-refractivity contribution in [3.63, 3.8) is 0 Å². The number of rotatable bonds is 1. The van der Waals surface area contributed by atoms with Gasteiger partial charge in [0.25, 0.3) is 0 Å². The van der Waals surface area contributed by atoms with E-state index in [4.69, 9.17) is 0 Å². The highest BCUT2D eigenvalue weighted by molar-refractivity contribution is 7.83. The topological polar surface area (TPSA) is 34.1 Å². The summed E-state index contributed by atoms with van der Waals surface area (Å²) in [5.74, 6) is 0.135. The smallest absolute Gasteiger partial charge is 0.165 e. The summed E-state index contributed by atoms with van der Waals surface area (Å²) in [6.45, 7) is 0. The van der Waals surface area contributed by atoms with E-state index in [0.29, 0.717) is 21.1 Å².